The molecule has 0 radical (unpaired) electrons. The predicted molar refractivity (Wildman–Crippen MR) is 109 cm³/mol. The van der Waals surface area contributed by atoms with Crippen LogP contribution in [-0.2, 0) is 11.2 Å². The maximum atomic E-state index is 12.6. The molecular weight excluding hydrogens is 354 g/mol. The highest BCUT2D eigenvalue weighted by molar-refractivity contribution is 5.75. The molecule has 1 atom stereocenters. The molecule has 1 fully saturated rings. The summed E-state index contributed by atoms with van der Waals surface area (Å²) in [6.45, 7) is 7.28. The molecule has 1 aromatic rings. The number of nitrogens with one attached hydrogen (secondary N) is 2. The third-order valence-corrected chi connectivity index (χ3v) is 6.27. The Morgan fingerprint density at radius 1 is 1.21 bits per heavy atom. The second-order valence-corrected chi connectivity index (χ2v) is 9.02. The highest BCUT2D eigenvalue weighted by Crippen LogP contribution is 2.39. The molecule has 2 aliphatic rings. The van der Waals surface area contributed by atoms with Crippen molar-refractivity contribution in [1.29, 1.82) is 0 Å². The molecule has 1 unspecified atom stereocenters. The van der Waals surface area contributed by atoms with E-state index in [4.69, 9.17) is 5.11 Å². The molecule has 154 valence electrons. The SMILES string of the molecule is CCN(CC(=O)O)C1CC(NC(=O)NC2CC(C)(C)CCc3ccccc32)C1. The van der Waals surface area contributed by atoms with E-state index in [1.54, 1.807) is 0 Å². The number of carboxylic acid groups (broad SMARTS) is 1. The lowest BCUT2D eigenvalue weighted by Crippen LogP contribution is -2.56. The van der Waals surface area contributed by atoms with Gasteiger partial charge in [0.2, 0.25) is 0 Å². The van der Waals surface area contributed by atoms with Gasteiger partial charge >= 0.3 is 12.0 Å². The van der Waals surface area contributed by atoms with Crippen LogP contribution in [0.1, 0.15) is 63.6 Å². The van der Waals surface area contributed by atoms with Crippen molar-refractivity contribution >= 4 is 12.0 Å². The van der Waals surface area contributed by atoms with Crippen molar-refractivity contribution in [2.24, 2.45) is 5.41 Å². The summed E-state index contributed by atoms with van der Waals surface area (Å²) in [5.41, 5.74) is 2.74. The monoisotopic (exact) mass is 387 g/mol. The normalized spacial score (nSPS) is 25.9. The predicted octanol–water partition coefficient (Wildman–Crippen LogP) is 3.33. The summed E-state index contributed by atoms with van der Waals surface area (Å²) >= 11 is 0. The fraction of sp³-hybridized carbons (Fsp3) is 0.636. The molecule has 0 heterocycles. The van der Waals surface area contributed by atoms with Gasteiger partial charge < -0.3 is 15.7 Å². The summed E-state index contributed by atoms with van der Waals surface area (Å²) < 4.78 is 0. The number of amides is 2. The lowest BCUT2D eigenvalue weighted by molar-refractivity contribution is -0.139. The second kappa shape index (κ2) is 8.52. The van der Waals surface area contributed by atoms with Crippen LogP contribution in [0.5, 0.6) is 0 Å². The van der Waals surface area contributed by atoms with Crippen LogP contribution in [0.3, 0.4) is 0 Å². The summed E-state index contributed by atoms with van der Waals surface area (Å²) in [7, 11) is 0. The molecule has 28 heavy (non-hydrogen) atoms. The molecule has 2 aliphatic carbocycles. The Hall–Kier alpha value is -2.08. The van der Waals surface area contributed by atoms with Crippen LogP contribution in [0.2, 0.25) is 0 Å². The summed E-state index contributed by atoms with van der Waals surface area (Å²) in [5, 5.41) is 15.3. The standard InChI is InChI=1S/C22H33N3O3/c1-4-25(14-20(26)27)17-11-16(12-17)23-21(28)24-19-13-22(2,3)10-9-15-7-5-6-8-18(15)19/h5-8,16-17,19H,4,9-14H2,1-3H3,(H,26,27)(H2,23,24,28). The second-order valence-electron chi connectivity index (χ2n) is 9.02. The summed E-state index contributed by atoms with van der Waals surface area (Å²) in [6.07, 6.45) is 4.70. The first kappa shape index (κ1) is 20.6. The molecular formula is C22H33N3O3. The Kier molecular flexibility index (Phi) is 6.28. The van der Waals surface area contributed by atoms with Crippen LogP contribution in [-0.4, -0.2) is 47.2 Å². The number of carbonyl (C=O) groups is 2. The molecule has 6 heteroatoms. The van der Waals surface area contributed by atoms with E-state index in [0.717, 1.165) is 32.1 Å². The van der Waals surface area contributed by atoms with Crippen LogP contribution in [0.15, 0.2) is 24.3 Å². The Morgan fingerprint density at radius 3 is 2.61 bits per heavy atom. The quantitative estimate of drug-likeness (QED) is 0.654. The van der Waals surface area contributed by atoms with E-state index in [0.29, 0.717) is 6.54 Å². The van der Waals surface area contributed by atoms with Crippen LogP contribution >= 0.6 is 0 Å². The van der Waals surface area contributed by atoms with Gasteiger partial charge in [0.15, 0.2) is 0 Å². The van der Waals surface area contributed by atoms with E-state index in [1.165, 1.54) is 11.1 Å². The highest BCUT2D eigenvalue weighted by atomic mass is 16.4. The molecule has 3 N–H and O–H groups in total. The zero-order chi connectivity index (χ0) is 20.3. The topological polar surface area (TPSA) is 81.7 Å². The minimum atomic E-state index is -0.800. The van der Waals surface area contributed by atoms with Gasteiger partial charge in [-0.05, 0) is 55.2 Å². The molecule has 0 bridgehead atoms. The molecule has 1 aromatic carbocycles. The summed E-state index contributed by atoms with van der Waals surface area (Å²) in [5.74, 6) is -0.800. The number of likely N-dealkylation sites (N-methyl/N-ethyl adjacent to an activating group) is 1. The molecule has 0 aromatic heterocycles. The van der Waals surface area contributed by atoms with Crippen molar-refractivity contribution in [3.8, 4) is 0 Å². The highest BCUT2D eigenvalue weighted by Gasteiger charge is 2.36. The average molecular weight is 388 g/mol. The number of rotatable bonds is 6. The number of aliphatic carboxylic acids is 1. The van der Waals surface area contributed by atoms with Crippen molar-refractivity contribution in [3.05, 3.63) is 35.4 Å². The number of benzene rings is 1. The van der Waals surface area contributed by atoms with E-state index in [9.17, 15) is 9.59 Å². The third kappa shape index (κ3) is 5.04. The maximum Gasteiger partial charge on any atom is 0.317 e. The zero-order valence-electron chi connectivity index (χ0n) is 17.2. The molecule has 0 aliphatic heterocycles. The lowest BCUT2D eigenvalue weighted by atomic mass is 9.83. The minimum absolute atomic E-state index is 0.0173. The molecule has 6 nitrogen and oxygen atoms in total. The average Bonchev–Trinajstić information content (AvgIpc) is 2.72. The summed E-state index contributed by atoms with van der Waals surface area (Å²) in [4.78, 5) is 25.6. The van der Waals surface area contributed by atoms with Gasteiger partial charge in [0, 0.05) is 12.1 Å². The Balaban J connectivity index is 1.56. The van der Waals surface area contributed by atoms with Crippen molar-refractivity contribution in [1.82, 2.24) is 15.5 Å². The van der Waals surface area contributed by atoms with Crippen molar-refractivity contribution in [2.45, 2.75) is 71.0 Å². The Bertz CT molecular complexity index is 713. The molecule has 2 amide bonds. The largest absolute Gasteiger partial charge is 0.480 e. The number of nitrogens with zero attached hydrogens (tertiary/aromatic N) is 1. The number of carbonyl (C=O) groups excluding carboxylic acids is 1. The van der Waals surface area contributed by atoms with Crippen molar-refractivity contribution < 1.29 is 14.7 Å². The van der Waals surface area contributed by atoms with E-state index < -0.39 is 5.97 Å². The first-order valence-electron chi connectivity index (χ1n) is 10.4. The van der Waals surface area contributed by atoms with E-state index in [1.807, 2.05) is 17.9 Å². The first-order chi connectivity index (χ1) is 13.3. The van der Waals surface area contributed by atoms with Gasteiger partial charge in [-0.15, -0.1) is 0 Å². The van der Waals surface area contributed by atoms with Crippen molar-refractivity contribution in [3.63, 3.8) is 0 Å². The number of carboxylic acids is 1. The van der Waals surface area contributed by atoms with Gasteiger partial charge in [0.05, 0.1) is 12.6 Å². The first-order valence-corrected chi connectivity index (χ1v) is 10.4. The van der Waals surface area contributed by atoms with Crippen LogP contribution in [0.25, 0.3) is 0 Å². The smallest absolute Gasteiger partial charge is 0.317 e. The maximum absolute atomic E-state index is 12.6. The van der Waals surface area contributed by atoms with Crippen LogP contribution < -0.4 is 10.6 Å². The third-order valence-electron chi connectivity index (χ3n) is 6.27. The number of hydrogen-bond acceptors (Lipinski definition) is 3. The van der Waals surface area contributed by atoms with Gasteiger partial charge in [0.25, 0.3) is 0 Å². The Labute approximate surface area is 167 Å². The van der Waals surface area contributed by atoms with Crippen LogP contribution in [0.4, 0.5) is 4.79 Å². The molecule has 0 saturated heterocycles. The van der Waals surface area contributed by atoms with Gasteiger partial charge in [-0.25, -0.2) is 4.79 Å². The molecule has 0 spiro atoms. The van der Waals surface area contributed by atoms with E-state index in [2.05, 4.69) is 42.7 Å². The van der Waals surface area contributed by atoms with Gasteiger partial charge in [-0.1, -0.05) is 45.0 Å². The summed E-state index contributed by atoms with van der Waals surface area (Å²) in [6, 6.07) is 8.66. The molecule has 3 rings (SSSR count). The Morgan fingerprint density at radius 2 is 1.93 bits per heavy atom. The van der Waals surface area contributed by atoms with Crippen molar-refractivity contribution in [2.75, 3.05) is 13.1 Å². The zero-order valence-corrected chi connectivity index (χ0v) is 17.2. The lowest BCUT2D eigenvalue weighted by Gasteiger charge is -2.42. The van der Waals surface area contributed by atoms with E-state index >= 15 is 0 Å². The fourth-order valence-corrected chi connectivity index (χ4v) is 4.53. The van der Waals surface area contributed by atoms with Gasteiger partial charge in [0.1, 0.15) is 0 Å². The fourth-order valence-electron chi connectivity index (χ4n) is 4.53. The van der Waals surface area contributed by atoms with Gasteiger partial charge in [-0.3, -0.25) is 9.69 Å². The molecule has 1 saturated carbocycles. The van der Waals surface area contributed by atoms with Gasteiger partial charge in [-0.2, -0.15) is 0 Å². The number of fused-ring (bicyclic) bond motifs is 1. The number of hydrogen-bond donors (Lipinski definition) is 3. The number of urea groups is 1. The number of aryl methyl sites for hydroxylation is 1. The van der Waals surface area contributed by atoms with E-state index in [-0.39, 0.29) is 36.1 Å². The minimum Gasteiger partial charge on any atom is -0.480 e. The van der Waals surface area contributed by atoms with Crippen LogP contribution in [0, 0.1) is 5.41 Å².